The number of hydrogen-bond donors (Lipinski definition) is 0. The third kappa shape index (κ3) is 67.1. The van der Waals surface area contributed by atoms with E-state index in [2.05, 4.69) is 118 Å². The van der Waals surface area contributed by atoms with Crippen LogP contribution < -0.4 is 0 Å². The number of rotatable bonds is 64. The van der Waals surface area contributed by atoms with Gasteiger partial charge in [0.2, 0.25) is 0 Å². The zero-order chi connectivity index (χ0) is 59.2. The van der Waals surface area contributed by atoms with Gasteiger partial charge in [0.15, 0.2) is 6.10 Å². The van der Waals surface area contributed by atoms with Gasteiger partial charge in [-0.15, -0.1) is 0 Å². The molecule has 0 aliphatic heterocycles. The number of carbonyl (C=O) groups excluding carboxylic acids is 3. The van der Waals surface area contributed by atoms with Crippen molar-refractivity contribution < 1.29 is 28.6 Å². The van der Waals surface area contributed by atoms with Crippen LogP contribution in [0.15, 0.2) is 97.2 Å². The molecule has 0 spiro atoms. The van der Waals surface area contributed by atoms with Gasteiger partial charge in [-0.25, -0.2) is 0 Å². The van der Waals surface area contributed by atoms with Gasteiger partial charge < -0.3 is 14.2 Å². The summed E-state index contributed by atoms with van der Waals surface area (Å²) in [4.78, 5) is 38.4. The predicted octanol–water partition coefficient (Wildman–Crippen LogP) is 24.4. The molecule has 0 saturated carbocycles. The molecule has 1 atom stereocenters. The van der Waals surface area contributed by atoms with Crippen molar-refractivity contribution in [2.75, 3.05) is 13.2 Å². The first-order valence-electron chi connectivity index (χ1n) is 35.2. The molecule has 0 aliphatic rings. The summed E-state index contributed by atoms with van der Waals surface area (Å²) in [5.41, 5.74) is 0. The fourth-order valence-electron chi connectivity index (χ4n) is 10.0. The monoisotopic (exact) mass is 1140 g/mol. The van der Waals surface area contributed by atoms with E-state index in [4.69, 9.17) is 14.2 Å². The maximum atomic E-state index is 13.0. The van der Waals surface area contributed by atoms with Crippen molar-refractivity contribution in [3.8, 4) is 0 Å². The number of carbonyl (C=O) groups is 3. The SMILES string of the molecule is CC/C=C\C/C=C\C/C=C\C/C=C\CCCCCCCCCCCCC(=O)OC(COC(=O)CCCCCCC/C=C\C/C=C\CCCC)COC(=O)CCCCCCCCCCCCCCCCC/C=C\C/C=C\CCCCCCC. The van der Waals surface area contributed by atoms with Crippen LogP contribution in [-0.4, -0.2) is 37.2 Å². The van der Waals surface area contributed by atoms with E-state index in [1.165, 1.54) is 199 Å². The summed E-state index contributed by atoms with van der Waals surface area (Å²) >= 11 is 0. The second-order valence-electron chi connectivity index (χ2n) is 23.4. The van der Waals surface area contributed by atoms with Crippen molar-refractivity contribution in [3.05, 3.63) is 97.2 Å². The first-order chi connectivity index (χ1) is 40.5. The van der Waals surface area contributed by atoms with Crippen molar-refractivity contribution in [1.29, 1.82) is 0 Å². The molecular formula is C76H132O6. The van der Waals surface area contributed by atoms with E-state index in [0.29, 0.717) is 19.3 Å². The van der Waals surface area contributed by atoms with Crippen molar-refractivity contribution >= 4 is 17.9 Å². The number of ether oxygens (including phenoxy) is 3. The predicted molar refractivity (Wildman–Crippen MR) is 357 cm³/mol. The summed E-state index contributed by atoms with van der Waals surface area (Å²) in [5, 5.41) is 0. The highest BCUT2D eigenvalue weighted by molar-refractivity contribution is 5.71. The van der Waals surface area contributed by atoms with Crippen LogP contribution in [0, 0.1) is 0 Å². The number of esters is 3. The molecule has 0 aliphatic carbocycles. The Bertz CT molecular complexity index is 1590. The molecule has 0 aromatic heterocycles. The molecule has 0 aromatic rings. The summed E-state index contributed by atoms with van der Waals surface area (Å²) in [5.74, 6) is -0.886. The Labute approximate surface area is 508 Å². The van der Waals surface area contributed by atoms with Gasteiger partial charge in [-0.1, -0.05) is 311 Å². The summed E-state index contributed by atoms with van der Waals surface area (Å²) in [7, 11) is 0. The summed E-state index contributed by atoms with van der Waals surface area (Å²) in [6.07, 6.45) is 94.3. The lowest BCUT2D eigenvalue weighted by molar-refractivity contribution is -0.167. The highest BCUT2D eigenvalue weighted by Gasteiger charge is 2.19. The average Bonchev–Trinajstić information content (AvgIpc) is 3.47. The number of unbranched alkanes of at least 4 members (excludes halogenated alkanes) is 37. The first-order valence-corrected chi connectivity index (χ1v) is 35.2. The van der Waals surface area contributed by atoms with E-state index in [1.54, 1.807) is 0 Å². The second kappa shape index (κ2) is 69.8. The third-order valence-electron chi connectivity index (χ3n) is 15.3. The van der Waals surface area contributed by atoms with E-state index in [-0.39, 0.29) is 31.1 Å². The zero-order valence-corrected chi connectivity index (χ0v) is 54.2. The lowest BCUT2D eigenvalue weighted by Gasteiger charge is -2.18. The molecule has 0 heterocycles. The molecule has 0 fully saturated rings. The van der Waals surface area contributed by atoms with E-state index < -0.39 is 6.10 Å². The van der Waals surface area contributed by atoms with E-state index in [1.807, 2.05) is 0 Å². The van der Waals surface area contributed by atoms with E-state index in [9.17, 15) is 14.4 Å². The van der Waals surface area contributed by atoms with Crippen molar-refractivity contribution in [2.45, 2.75) is 354 Å². The van der Waals surface area contributed by atoms with E-state index >= 15 is 0 Å². The van der Waals surface area contributed by atoms with Crippen LogP contribution in [0.4, 0.5) is 0 Å². The molecule has 0 aromatic carbocycles. The minimum absolute atomic E-state index is 0.0818. The largest absolute Gasteiger partial charge is 0.462 e. The van der Waals surface area contributed by atoms with Gasteiger partial charge in [0.1, 0.15) is 13.2 Å². The molecule has 1 unspecified atom stereocenters. The van der Waals surface area contributed by atoms with E-state index in [0.717, 1.165) is 109 Å². The Morgan fingerprint density at radius 1 is 0.256 bits per heavy atom. The van der Waals surface area contributed by atoms with Crippen molar-refractivity contribution in [1.82, 2.24) is 0 Å². The second-order valence-corrected chi connectivity index (χ2v) is 23.4. The lowest BCUT2D eigenvalue weighted by Crippen LogP contribution is -2.30. The molecule has 6 heteroatoms. The van der Waals surface area contributed by atoms with Gasteiger partial charge in [-0.05, 0) is 116 Å². The Kier molecular flexibility index (Phi) is 66.7. The lowest BCUT2D eigenvalue weighted by atomic mass is 10.0. The van der Waals surface area contributed by atoms with Crippen LogP contribution in [0.1, 0.15) is 348 Å². The smallest absolute Gasteiger partial charge is 0.306 e. The maximum absolute atomic E-state index is 13.0. The molecule has 82 heavy (non-hydrogen) atoms. The van der Waals surface area contributed by atoms with Crippen LogP contribution in [-0.2, 0) is 28.6 Å². The Hall–Kier alpha value is -3.67. The Morgan fingerprint density at radius 3 is 0.780 bits per heavy atom. The third-order valence-corrected chi connectivity index (χ3v) is 15.3. The Balaban J connectivity index is 4.29. The minimum Gasteiger partial charge on any atom is -0.462 e. The quantitative estimate of drug-likeness (QED) is 0.0261. The number of hydrogen-bond acceptors (Lipinski definition) is 6. The van der Waals surface area contributed by atoms with Crippen molar-refractivity contribution in [3.63, 3.8) is 0 Å². The first kappa shape index (κ1) is 78.3. The van der Waals surface area contributed by atoms with Crippen LogP contribution in [0.3, 0.4) is 0 Å². The fourth-order valence-corrected chi connectivity index (χ4v) is 10.0. The van der Waals surface area contributed by atoms with Crippen molar-refractivity contribution in [2.24, 2.45) is 0 Å². The molecular weight excluding hydrogens is 1010 g/mol. The molecule has 0 bridgehead atoms. The highest BCUT2D eigenvalue weighted by Crippen LogP contribution is 2.17. The van der Waals surface area contributed by atoms with Crippen LogP contribution in [0.25, 0.3) is 0 Å². The highest BCUT2D eigenvalue weighted by atomic mass is 16.6. The molecule has 6 nitrogen and oxygen atoms in total. The van der Waals surface area contributed by atoms with Gasteiger partial charge in [0.05, 0.1) is 0 Å². The normalized spacial score (nSPS) is 12.7. The van der Waals surface area contributed by atoms with Gasteiger partial charge in [0.25, 0.3) is 0 Å². The standard InChI is InChI=1S/C76H132O6/c1-4-7-10-13-16-19-22-25-28-30-32-34-36-37-38-39-41-42-44-46-48-51-54-57-60-63-66-69-75(78)81-72-73(71-80-74(77)68-65-62-59-56-53-50-27-24-21-18-15-12-9-6-3)82-76(79)70-67-64-61-58-55-52-49-47-45-43-40-35-33-31-29-26-23-20-17-14-11-8-5-2/h8,11,15,17-18,20,22,24-27,29-30,32-33,35,73H,4-7,9-10,12-14,16,19,21,23,28,31,34,36-72H2,1-3H3/b11-8-,18-15-,20-17-,25-22-,27-24-,29-26-,32-30-,35-33-. The topological polar surface area (TPSA) is 78.9 Å². The molecule has 0 N–H and O–H groups in total. The van der Waals surface area contributed by atoms with Crippen LogP contribution >= 0.6 is 0 Å². The summed E-state index contributed by atoms with van der Waals surface area (Å²) < 4.78 is 17.0. The van der Waals surface area contributed by atoms with Gasteiger partial charge >= 0.3 is 17.9 Å². The maximum Gasteiger partial charge on any atom is 0.306 e. The average molecular weight is 1140 g/mol. The minimum atomic E-state index is -0.788. The van der Waals surface area contributed by atoms with Gasteiger partial charge in [0, 0.05) is 19.3 Å². The fraction of sp³-hybridized carbons (Fsp3) is 0.750. The molecule has 0 saturated heterocycles. The van der Waals surface area contributed by atoms with Crippen LogP contribution in [0.5, 0.6) is 0 Å². The molecule has 472 valence electrons. The van der Waals surface area contributed by atoms with Gasteiger partial charge in [-0.3, -0.25) is 14.4 Å². The Morgan fingerprint density at radius 2 is 0.488 bits per heavy atom. The number of allylic oxidation sites excluding steroid dienone is 16. The van der Waals surface area contributed by atoms with Crippen LogP contribution in [0.2, 0.25) is 0 Å². The summed E-state index contributed by atoms with van der Waals surface area (Å²) in [6, 6.07) is 0. The van der Waals surface area contributed by atoms with Gasteiger partial charge in [-0.2, -0.15) is 0 Å². The molecule has 0 radical (unpaired) electrons. The molecule has 0 rings (SSSR count). The summed E-state index contributed by atoms with van der Waals surface area (Å²) in [6.45, 7) is 6.50. The zero-order valence-electron chi connectivity index (χ0n) is 54.2. The molecule has 0 amide bonds.